The van der Waals surface area contributed by atoms with Gasteiger partial charge in [-0.25, -0.2) is 4.98 Å². The Morgan fingerprint density at radius 3 is 2.55 bits per heavy atom. The number of aliphatic hydroxyl groups is 1. The molecule has 0 amide bonds. The zero-order valence-electron chi connectivity index (χ0n) is 12.0. The van der Waals surface area contributed by atoms with Crippen LogP contribution in [0.1, 0.15) is 22.5 Å². The third kappa shape index (κ3) is 1.91. The molecule has 0 aliphatic rings. The van der Waals surface area contributed by atoms with Gasteiger partial charge < -0.3 is 5.11 Å². The number of benzene rings is 1. The number of aliphatic hydroxyl groups excluding tert-OH is 1. The van der Waals surface area contributed by atoms with Gasteiger partial charge in [0, 0.05) is 11.3 Å². The Morgan fingerprint density at radius 1 is 1.05 bits per heavy atom. The minimum Gasteiger partial charge on any atom is -0.390 e. The van der Waals surface area contributed by atoms with Crippen molar-refractivity contribution in [1.82, 2.24) is 9.38 Å². The van der Waals surface area contributed by atoms with E-state index >= 15 is 0 Å². The maximum Gasteiger partial charge on any atom is 0.137 e. The van der Waals surface area contributed by atoms with Crippen LogP contribution in [0.2, 0.25) is 0 Å². The van der Waals surface area contributed by atoms with Gasteiger partial charge in [0.05, 0.1) is 18.0 Å². The van der Waals surface area contributed by atoms with Crippen LogP contribution in [-0.4, -0.2) is 14.5 Å². The molecule has 0 aliphatic carbocycles. The fourth-order valence-corrected chi connectivity index (χ4v) is 2.59. The summed E-state index contributed by atoms with van der Waals surface area (Å²) in [7, 11) is 0. The van der Waals surface area contributed by atoms with Gasteiger partial charge in [-0.1, -0.05) is 18.2 Å². The predicted octanol–water partition coefficient (Wildman–Crippen LogP) is 3.42. The van der Waals surface area contributed by atoms with Crippen LogP contribution in [0.25, 0.3) is 16.9 Å². The second-order valence-corrected chi connectivity index (χ2v) is 5.23. The van der Waals surface area contributed by atoms with E-state index in [1.54, 1.807) is 0 Å². The third-order valence-corrected chi connectivity index (χ3v) is 3.86. The first kappa shape index (κ1) is 12.9. The Morgan fingerprint density at radius 2 is 1.85 bits per heavy atom. The van der Waals surface area contributed by atoms with Crippen molar-refractivity contribution >= 4 is 5.65 Å². The zero-order valence-corrected chi connectivity index (χ0v) is 12.0. The molecule has 0 atom stereocenters. The van der Waals surface area contributed by atoms with Crippen molar-refractivity contribution < 1.29 is 5.11 Å². The van der Waals surface area contributed by atoms with Crippen LogP contribution in [0, 0.1) is 20.8 Å². The van der Waals surface area contributed by atoms with Gasteiger partial charge in [-0.05, 0) is 50.1 Å². The van der Waals surface area contributed by atoms with E-state index in [1.807, 2.05) is 29.5 Å². The molecule has 1 aromatic carbocycles. The number of hydrogen-bond acceptors (Lipinski definition) is 2. The number of hydrogen-bond donors (Lipinski definition) is 1. The summed E-state index contributed by atoms with van der Waals surface area (Å²) in [5, 5.41) is 9.75. The van der Waals surface area contributed by atoms with E-state index in [4.69, 9.17) is 0 Å². The maximum atomic E-state index is 9.75. The van der Waals surface area contributed by atoms with Crippen LogP contribution in [0.5, 0.6) is 0 Å². The zero-order chi connectivity index (χ0) is 14.3. The number of imidazole rings is 1. The average Bonchev–Trinajstić information content (AvgIpc) is 2.82. The van der Waals surface area contributed by atoms with Gasteiger partial charge in [-0.15, -0.1) is 0 Å². The molecule has 2 aromatic heterocycles. The molecular formula is C17H18N2O. The molecule has 0 spiro atoms. The minimum absolute atomic E-state index is 0.0196. The lowest BCUT2D eigenvalue weighted by Crippen LogP contribution is -1.97. The summed E-state index contributed by atoms with van der Waals surface area (Å²) in [6.45, 7) is 6.20. The lowest BCUT2D eigenvalue weighted by atomic mass is 10.0. The first-order valence-electron chi connectivity index (χ1n) is 6.77. The van der Waals surface area contributed by atoms with Crippen molar-refractivity contribution in [2.24, 2.45) is 0 Å². The van der Waals surface area contributed by atoms with Gasteiger partial charge >= 0.3 is 0 Å². The molecule has 0 bridgehead atoms. The van der Waals surface area contributed by atoms with Crippen LogP contribution in [0.15, 0.2) is 36.4 Å². The van der Waals surface area contributed by atoms with Gasteiger partial charge in [0.25, 0.3) is 0 Å². The van der Waals surface area contributed by atoms with E-state index in [0.29, 0.717) is 0 Å². The number of aromatic nitrogens is 2. The maximum absolute atomic E-state index is 9.75. The molecule has 2 heterocycles. The van der Waals surface area contributed by atoms with E-state index in [0.717, 1.165) is 28.3 Å². The summed E-state index contributed by atoms with van der Waals surface area (Å²) in [5.41, 5.74) is 7.22. The Hall–Kier alpha value is -2.13. The summed E-state index contributed by atoms with van der Waals surface area (Å²) >= 11 is 0. The van der Waals surface area contributed by atoms with E-state index < -0.39 is 0 Å². The standard InChI is InChI=1S/C17H18N2O/c1-11-7-8-14(9-12(11)2)17-15(10-20)19-13(3)5-4-6-16(19)18-17/h4-9,20H,10H2,1-3H3. The summed E-state index contributed by atoms with van der Waals surface area (Å²) < 4.78 is 2.02. The van der Waals surface area contributed by atoms with Crippen molar-refractivity contribution in [1.29, 1.82) is 0 Å². The fraction of sp³-hybridized carbons (Fsp3) is 0.235. The number of aryl methyl sites for hydroxylation is 3. The minimum atomic E-state index is -0.0196. The SMILES string of the molecule is Cc1ccc(-c2nc3cccc(C)n3c2CO)cc1C. The topological polar surface area (TPSA) is 37.5 Å². The van der Waals surface area contributed by atoms with E-state index in [9.17, 15) is 5.11 Å². The van der Waals surface area contributed by atoms with Crippen molar-refractivity contribution in [3.63, 3.8) is 0 Å². The van der Waals surface area contributed by atoms with E-state index in [-0.39, 0.29) is 6.61 Å². The van der Waals surface area contributed by atoms with Gasteiger partial charge in [-0.3, -0.25) is 4.40 Å². The lowest BCUT2D eigenvalue weighted by Gasteiger charge is -2.06. The second-order valence-electron chi connectivity index (χ2n) is 5.23. The molecule has 0 saturated carbocycles. The highest BCUT2D eigenvalue weighted by Gasteiger charge is 2.14. The lowest BCUT2D eigenvalue weighted by molar-refractivity contribution is 0.276. The van der Waals surface area contributed by atoms with Crippen LogP contribution in [0.3, 0.4) is 0 Å². The average molecular weight is 266 g/mol. The molecule has 0 saturated heterocycles. The molecule has 0 radical (unpaired) electrons. The Balaban J connectivity index is 2.30. The van der Waals surface area contributed by atoms with Gasteiger partial charge in [-0.2, -0.15) is 0 Å². The predicted molar refractivity (Wildman–Crippen MR) is 80.8 cm³/mol. The Bertz CT molecular complexity index is 787. The molecule has 3 aromatic rings. The Kier molecular flexibility index (Phi) is 3.07. The molecule has 102 valence electrons. The van der Waals surface area contributed by atoms with Crippen molar-refractivity contribution in [3.8, 4) is 11.3 Å². The molecule has 20 heavy (non-hydrogen) atoms. The quantitative estimate of drug-likeness (QED) is 0.771. The highest BCUT2D eigenvalue weighted by Crippen LogP contribution is 2.27. The summed E-state index contributed by atoms with van der Waals surface area (Å²) in [6, 6.07) is 12.3. The normalized spacial score (nSPS) is 11.2. The molecule has 3 heteroatoms. The summed E-state index contributed by atoms with van der Waals surface area (Å²) in [6.07, 6.45) is 0. The van der Waals surface area contributed by atoms with Crippen LogP contribution in [0.4, 0.5) is 0 Å². The van der Waals surface area contributed by atoms with Gasteiger partial charge in [0.1, 0.15) is 5.65 Å². The molecule has 3 rings (SSSR count). The van der Waals surface area contributed by atoms with Crippen molar-refractivity contribution in [2.75, 3.05) is 0 Å². The second kappa shape index (κ2) is 4.76. The fourth-order valence-electron chi connectivity index (χ4n) is 2.59. The van der Waals surface area contributed by atoms with Crippen molar-refractivity contribution in [2.45, 2.75) is 27.4 Å². The van der Waals surface area contributed by atoms with Crippen LogP contribution < -0.4 is 0 Å². The highest BCUT2D eigenvalue weighted by atomic mass is 16.3. The molecular weight excluding hydrogens is 248 g/mol. The Labute approximate surface area is 118 Å². The molecule has 3 nitrogen and oxygen atoms in total. The molecule has 1 N–H and O–H groups in total. The molecule has 0 aliphatic heterocycles. The largest absolute Gasteiger partial charge is 0.390 e. The smallest absolute Gasteiger partial charge is 0.137 e. The monoisotopic (exact) mass is 266 g/mol. The van der Waals surface area contributed by atoms with Crippen LogP contribution >= 0.6 is 0 Å². The van der Waals surface area contributed by atoms with Gasteiger partial charge in [0.2, 0.25) is 0 Å². The first-order valence-corrected chi connectivity index (χ1v) is 6.77. The summed E-state index contributed by atoms with van der Waals surface area (Å²) in [5.74, 6) is 0. The molecule has 0 fully saturated rings. The third-order valence-electron chi connectivity index (χ3n) is 3.86. The first-order chi connectivity index (χ1) is 9.61. The molecule has 0 unspecified atom stereocenters. The number of fused-ring (bicyclic) bond motifs is 1. The van der Waals surface area contributed by atoms with E-state index in [1.165, 1.54) is 11.1 Å². The number of pyridine rings is 1. The number of nitrogens with zero attached hydrogens (tertiary/aromatic N) is 2. The highest BCUT2D eigenvalue weighted by molar-refractivity contribution is 5.68. The van der Waals surface area contributed by atoms with E-state index in [2.05, 4.69) is 37.0 Å². The van der Waals surface area contributed by atoms with Crippen LogP contribution in [-0.2, 0) is 6.61 Å². The number of rotatable bonds is 2. The van der Waals surface area contributed by atoms with Crippen molar-refractivity contribution in [3.05, 3.63) is 58.9 Å². The summed E-state index contributed by atoms with van der Waals surface area (Å²) in [4.78, 5) is 4.69. The van der Waals surface area contributed by atoms with Gasteiger partial charge in [0.15, 0.2) is 0 Å².